The normalized spacial score (nSPS) is 11.3. The Kier molecular flexibility index (Phi) is 4.68. The Bertz CT molecular complexity index is 612. The first-order valence-electron chi connectivity index (χ1n) is 6.81. The lowest BCUT2D eigenvalue weighted by Crippen LogP contribution is -2.14. The van der Waals surface area contributed by atoms with Crippen molar-refractivity contribution in [2.24, 2.45) is 0 Å². The van der Waals surface area contributed by atoms with E-state index >= 15 is 0 Å². The van der Waals surface area contributed by atoms with E-state index in [1.165, 1.54) is 19.0 Å². The molecule has 4 nitrogen and oxygen atoms in total. The lowest BCUT2D eigenvalue weighted by molar-refractivity contribution is 0.367. The summed E-state index contributed by atoms with van der Waals surface area (Å²) in [6.07, 6.45) is 2.41. The molecule has 0 aliphatic carbocycles. The third kappa shape index (κ3) is 3.45. The van der Waals surface area contributed by atoms with Gasteiger partial charge in [-0.2, -0.15) is 4.98 Å². The van der Waals surface area contributed by atoms with Crippen molar-refractivity contribution in [1.29, 1.82) is 0 Å². The first-order valence-corrected chi connectivity index (χ1v) is 7.18. The summed E-state index contributed by atoms with van der Waals surface area (Å²) >= 11 is 5.94. The Labute approximate surface area is 130 Å². The maximum atomic E-state index is 5.94. The molecule has 0 saturated carbocycles. The van der Waals surface area contributed by atoms with Crippen LogP contribution in [0, 0.1) is 0 Å². The molecule has 0 aliphatic heterocycles. The molecule has 21 heavy (non-hydrogen) atoms. The van der Waals surface area contributed by atoms with Crippen molar-refractivity contribution in [2.75, 3.05) is 7.11 Å². The molecule has 0 N–H and O–H groups in total. The van der Waals surface area contributed by atoms with E-state index in [9.17, 15) is 0 Å². The number of halogens is 1. The summed E-state index contributed by atoms with van der Waals surface area (Å²) < 4.78 is 10.9. The van der Waals surface area contributed by atoms with Gasteiger partial charge in [0.2, 0.25) is 5.75 Å². The fraction of sp³-hybridized carbons (Fsp3) is 0.375. The molecule has 0 atom stereocenters. The summed E-state index contributed by atoms with van der Waals surface area (Å²) in [5, 5.41) is 0.228. The monoisotopic (exact) mass is 306 g/mol. The van der Waals surface area contributed by atoms with Crippen LogP contribution in [0.1, 0.15) is 32.8 Å². The number of benzene rings is 1. The first-order chi connectivity index (χ1) is 9.97. The first kappa shape index (κ1) is 15.6. The van der Waals surface area contributed by atoms with Gasteiger partial charge in [0, 0.05) is 0 Å². The van der Waals surface area contributed by atoms with Crippen LogP contribution in [0.4, 0.5) is 0 Å². The standard InChI is InChI=1S/C16H19ClN2O2/c1-5-16(2,3)11-6-8-12(9-7-11)21-15-13(20-4)14(17)18-10-19-15/h6-10H,5H2,1-4H3. The van der Waals surface area contributed by atoms with Crippen LogP contribution in [0.15, 0.2) is 30.6 Å². The van der Waals surface area contributed by atoms with Gasteiger partial charge < -0.3 is 9.47 Å². The molecule has 0 fully saturated rings. The van der Waals surface area contributed by atoms with Crippen molar-refractivity contribution in [1.82, 2.24) is 9.97 Å². The highest BCUT2D eigenvalue weighted by atomic mass is 35.5. The summed E-state index contributed by atoms with van der Waals surface area (Å²) in [6, 6.07) is 7.96. The third-order valence-corrected chi connectivity index (χ3v) is 3.94. The topological polar surface area (TPSA) is 44.2 Å². The van der Waals surface area contributed by atoms with E-state index in [0.717, 1.165) is 6.42 Å². The van der Waals surface area contributed by atoms with E-state index in [0.29, 0.717) is 17.4 Å². The van der Waals surface area contributed by atoms with Gasteiger partial charge in [-0.25, -0.2) is 4.98 Å². The van der Waals surface area contributed by atoms with Gasteiger partial charge in [0.25, 0.3) is 5.88 Å². The van der Waals surface area contributed by atoms with Crippen LogP contribution in [-0.4, -0.2) is 17.1 Å². The Morgan fingerprint density at radius 1 is 1.14 bits per heavy atom. The fourth-order valence-corrected chi connectivity index (χ4v) is 2.07. The minimum Gasteiger partial charge on any atom is -0.489 e. The van der Waals surface area contributed by atoms with E-state index in [4.69, 9.17) is 21.1 Å². The Balaban J connectivity index is 2.24. The number of ether oxygens (including phenoxy) is 2. The number of hydrogen-bond donors (Lipinski definition) is 0. The Morgan fingerprint density at radius 3 is 2.38 bits per heavy atom. The van der Waals surface area contributed by atoms with Crippen LogP contribution in [0.3, 0.4) is 0 Å². The lowest BCUT2D eigenvalue weighted by atomic mass is 9.82. The average molecular weight is 307 g/mol. The molecule has 2 rings (SSSR count). The van der Waals surface area contributed by atoms with Crippen molar-refractivity contribution in [2.45, 2.75) is 32.6 Å². The largest absolute Gasteiger partial charge is 0.489 e. The van der Waals surface area contributed by atoms with Gasteiger partial charge in [-0.1, -0.05) is 44.5 Å². The predicted molar refractivity (Wildman–Crippen MR) is 83.4 cm³/mol. The molecule has 5 heteroatoms. The van der Waals surface area contributed by atoms with Crippen LogP contribution in [0.5, 0.6) is 17.4 Å². The molecule has 0 aliphatic rings. The molecule has 1 aromatic carbocycles. The molecule has 0 amide bonds. The van der Waals surface area contributed by atoms with E-state index in [1.54, 1.807) is 0 Å². The quantitative estimate of drug-likeness (QED) is 0.756. The molecule has 0 bridgehead atoms. The SMILES string of the molecule is CCC(C)(C)c1ccc(Oc2ncnc(Cl)c2OC)cc1. The summed E-state index contributed by atoms with van der Waals surface area (Å²) in [7, 11) is 1.50. The molecule has 0 unspecified atom stereocenters. The third-order valence-electron chi connectivity index (χ3n) is 3.67. The fourth-order valence-electron chi connectivity index (χ4n) is 1.87. The maximum absolute atomic E-state index is 5.94. The van der Waals surface area contributed by atoms with Crippen molar-refractivity contribution in [3.63, 3.8) is 0 Å². The van der Waals surface area contributed by atoms with Crippen LogP contribution in [0.25, 0.3) is 0 Å². The highest BCUT2D eigenvalue weighted by Gasteiger charge is 2.18. The zero-order valence-electron chi connectivity index (χ0n) is 12.7. The molecular formula is C16H19ClN2O2. The molecule has 112 valence electrons. The van der Waals surface area contributed by atoms with Gasteiger partial charge >= 0.3 is 0 Å². The van der Waals surface area contributed by atoms with Gasteiger partial charge in [0.05, 0.1) is 7.11 Å². The Morgan fingerprint density at radius 2 is 1.81 bits per heavy atom. The second-order valence-corrected chi connectivity index (χ2v) is 5.72. The molecule has 0 radical (unpaired) electrons. The second-order valence-electron chi connectivity index (χ2n) is 5.37. The van der Waals surface area contributed by atoms with E-state index in [-0.39, 0.29) is 10.6 Å². The van der Waals surface area contributed by atoms with Gasteiger partial charge in [-0.15, -0.1) is 0 Å². The highest BCUT2D eigenvalue weighted by molar-refractivity contribution is 6.31. The smallest absolute Gasteiger partial charge is 0.267 e. The maximum Gasteiger partial charge on any atom is 0.267 e. The highest BCUT2D eigenvalue weighted by Crippen LogP contribution is 2.34. The second kappa shape index (κ2) is 6.31. The summed E-state index contributed by atoms with van der Waals surface area (Å²) in [5.74, 6) is 1.32. The van der Waals surface area contributed by atoms with Gasteiger partial charge in [0.15, 0.2) is 5.15 Å². The molecule has 0 spiro atoms. The van der Waals surface area contributed by atoms with E-state index < -0.39 is 0 Å². The van der Waals surface area contributed by atoms with E-state index in [1.807, 2.05) is 12.1 Å². The zero-order chi connectivity index (χ0) is 15.5. The minimum absolute atomic E-state index is 0.147. The molecular weight excluding hydrogens is 288 g/mol. The number of rotatable bonds is 5. The average Bonchev–Trinajstić information content (AvgIpc) is 2.48. The molecule has 1 heterocycles. The predicted octanol–water partition coefficient (Wildman–Crippen LogP) is 4.62. The number of aromatic nitrogens is 2. The minimum atomic E-state index is 0.147. The number of nitrogens with zero attached hydrogens (tertiary/aromatic N) is 2. The van der Waals surface area contributed by atoms with Crippen LogP contribution in [-0.2, 0) is 5.41 Å². The van der Waals surface area contributed by atoms with Gasteiger partial charge in [0.1, 0.15) is 12.1 Å². The lowest BCUT2D eigenvalue weighted by Gasteiger charge is -2.23. The molecule has 0 saturated heterocycles. The molecule has 1 aromatic heterocycles. The number of hydrogen-bond acceptors (Lipinski definition) is 4. The van der Waals surface area contributed by atoms with Gasteiger partial charge in [-0.3, -0.25) is 0 Å². The summed E-state index contributed by atoms with van der Waals surface area (Å²) in [4.78, 5) is 7.91. The van der Waals surface area contributed by atoms with Crippen molar-refractivity contribution in [3.8, 4) is 17.4 Å². The summed E-state index contributed by atoms with van der Waals surface area (Å²) in [6.45, 7) is 6.62. The van der Waals surface area contributed by atoms with Crippen LogP contribution >= 0.6 is 11.6 Å². The number of methoxy groups -OCH3 is 1. The van der Waals surface area contributed by atoms with Gasteiger partial charge in [-0.05, 0) is 29.5 Å². The summed E-state index contributed by atoms with van der Waals surface area (Å²) in [5.41, 5.74) is 1.42. The Hall–Kier alpha value is -1.81. The van der Waals surface area contributed by atoms with Crippen LogP contribution < -0.4 is 9.47 Å². The van der Waals surface area contributed by atoms with E-state index in [2.05, 4.69) is 42.9 Å². The van der Waals surface area contributed by atoms with Crippen molar-refractivity contribution < 1.29 is 9.47 Å². The van der Waals surface area contributed by atoms with Crippen molar-refractivity contribution >= 4 is 11.6 Å². The van der Waals surface area contributed by atoms with Crippen LogP contribution in [0.2, 0.25) is 5.15 Å². The molecule has 2 aromatic rings. The zero-order valence-corrected chi connectivity index (χ0v) is 13.4. The van der Waals surface area contributed by atoms with Crippen molar-refractivity contribution in [3.05, 3.63) is 41.3 Å².